The molecule has 2 amide bonds. The van der Waals surface area contributed by atoms with Gasteiger partial charge in [-0.05, 0) is 31.6 Å². The van der Waals surface area contributed by atoms with Gasteiger partial charge in [0.25, 0.3) is 0 Å². The van der Waals surface area contributed by atoms with Crippen molar-refractivity contribution >= 4 is 6.03 Å². The molecule has 98 valence electrons. The molecule has 2 rings (SSSR count). The predicted octanol–water partition coefficient (Wildman–Crippen LogP) is 3.20. The number of carbonyl (C=O) groups excluding carboxylic acids is 1. The lowest BCUT2D eigenvalue weighted by atomic mass is 9.87. The summed E-state index contributed by atoms with van der Waals surface area (Å²) in [5, 5.41) is 6.28. The van der Waals surface area contributed by atoms with Crippen molar-refractivity contribution in [3.05, 3.63) is 0 Å². The van der Waals surface area contributed by atoms with Gasteiger partial charge in [0.1, 0.15) is 0 Å². The topological polar surface area (TPSA) is 41.1 Å². The van der Waals surface area contributed by atoms with Crippen LogP contribution in [0, 0.1) is 5.92 Å². The zero-order valence-corrected chi connectivity index (χ0v) is 11.0. The van der Waals surface area contributed by atoms with Gasteiger partial charge in [0, 0.05) is 12.1 Å². The number of nitrogens with one attached hydrogen (secondary N) is 2. The molecule has 0 saturated heterocycles. The first-order valence-corrected chi connectivity index (χ1v) is 7.31. The van der Waals surface area contributed by atoms with Crippen molar-refractivity contribution in [1.29, 1.82) is 0 Å². The van der Waals surface area contributed by atoms with Crippen molar-refractivity contribution in [2.24, 2.45) is 5.92 Å². The van der Waals surface area contributed by atoms with Crippen LogP contribution in [0.3, 0.4) is 0 Å². The second-order valence-electron chi connectivity index (χ2n) is 5.92. The van der Waals surface area contributed by atoms with Gasteiger partial charge in [-0.1, -0.05) is 39.0 Å². The van der Waals surface area contributed by atoms with Gasteiger partial charge in [0.05, 0.1) is 0 Å². The van der Waals surface area contributed by atoms with Crippen LogP contribution in [0.15, 0.2) is 0 Å². The van der Waals surface area contributed by atoms with Crippen LogP contribution in [0.1, 0.15) is 64.7 Å². The van der Waals surface area contributed by atoms with Gasteiger partial charge < -0.3 is 10.6 Å². The highest BCUT2D eigenvalue weighted by atomic mass is 16.2. The quantitative estimate of drug-likeness (QED) is 0.762. The Morgan fingerprint density at radius 2 is 1.53 bits per heavy atom. The first-order valence-electron chi connectivity index (χ1n) is 7.31. The lowest BCUT2D eigenvalue weighted by Crippen LogP contribution is -2.47. The summed E-state index contributed by atoms with van der Waals surface area (Å²) in [5.41, 5.74) is 0. The van der Waals surface area contributed by atoms with Gasteiger partial charge in [-0.3, -0.25) is 0 Å². The maximum atomic E-state index is 11.9. The van der Waals surface area contributed by atoms with E-state index >= 15 is 0 Å². The first kappa shape index (κ1) is 12.7. The summed E-state index contributed by atoms with van der Waals surface area (Å²) >= 11 is 0. The van der Waals surface area contributed by atoms with E-state index in [-0.39, 0.29) is 6.03 Å². The number of hydrogen-bond donors (Lipinski definition) is 2. The molecule has 0 aliphatic heterocycles. The van der Waals surface area contributed by atoms with E-state index in [1.165, 1.54) is 32.1 Å². The van der Waals surface area contributed by atoms with Gasteiger partial charge in [-0.2, -0.15) is 0 Å². The highest BCUT2D eigenvalue weighted by Gasteiger charge is 2.22. The van der Waals surface area contributed by atoms with E-state index < -0.39 is 0 Å². The monoisotopic (exact) mass is 238 g/mol. The average molecular weight is 238 g/mol. The molecule has 0 spiro atoms. The van der Waals surface area contributed by atoms with E-state index in [2.05, 4.69) is 17.6 Å². The SMILES string of the molecule is CC1CCCC(NC(=O)NC2CCCCC2)C1. The van der Waals surface area contributed by atoms with E-state index in [1.54, 1.807) is 0 Å². The van der Waals surface area contributed by atoms with Crippen LogP contribution in [-0.4, -0.2) is 18.1 Å². The largest absolute Gasteiger partial charge is 0.335 e. The molecule has 0 radical (unpaired) electrons. The number of rotatable bonds is 2. The summed E-state index contributed by atoms with van der Waals surface area (Å²) < 4.78 is 0. The molecular formula is C14H26N2O. The Kier molecular flexibility index (Phi) is 4.69. The van der Waals surface area contributed by atoms with E-state index in [0.29, 0.717) is 12.1 Å². The molecular weight excluding hydrogens is 212 g/mol. The van der Waals surface area contributed by atoms with Crippen molar-refractivity contribution in [2.45, 2.75) is 76.8 Å². The van der Waals surface area contributed by atoms with Crippen molar-refractivity contribution < 1.29 is 4.79 Å². The lowest BCUT2D eigenvalue weighted by molar-refractivity contribution is 0.220. The molecule has 0 aromatic rings. The Bertz CT molecular complexity index is 249. The van der Waals surface area contributed by atoms with Crippen LogP contribution in [0.2, 0.25) is 0 Å². The molecule has 2 saturated carbocycles. The molecule has 0 aromatic carbocycles. The Morgan fingerprint density at radius 1 is 0.882 bits per heavy atom. The minimum Gasteiger partial charge on any atom is -0.335 e. The number of hydrogen-bond acceptors (Lipinski definition) is 1. The van der Waals surface area contributed by atoms with Gasteiger partial charge in [0.15, 0.2) is 0 Å². The van der Waals surface area contributed by atoms with Crippen molar-refractivity contribution in [3.8, 4) is 0 Å². The van der Waals surface area contributed by atoms with E-state index in [0.717, 1.165) is 31.6 Å². The second-order valence-corrected chi connectivity index (χ2v) is 5.92. The maximum Gasteiger partial charge on any atom is 0.315 e. The van der Waals surface area contributed by atoms with E-state index in [9.17, 15) is 4.79 Å². The summed E-state index contributed by atoms with van der Waals surface area (Å²) in [6, 6.07) is 0.892. The summed E-state index contributed by atoms with van der Waals surface area (Å²) in [5.74, 6) is 0.767. The van der Waals surface area contributed by atoms with Crippen LogP contribution in [-0.2, 0) is 0 Å². The molecule has 2 N–H and O–H groups in total. The van der Waals surface area contributed by atoms with Crippen LogP contribution in [0.5, 0.6) is 0 Å². The smallest absolute Gasteiger partial charge is 0.315 e. The molecule has 0 aromatic heterocycles. The molecule has 3 heteroatoms. The molecule has 2 fully saturated rings. The molecule has 2 atom stereocenters. The van der Waals surface area contributed by atoms with Crippen LogP contribution in [0.25, 0.3) is 0 Å². The van der Waals surface area contributed by atoms with Crippen LogP contribution < -0.4 is 10.6 Å². The third-order valence-corrected chi connectivity index (χ3v) is 4.21. The normalized spacial score (nSPS) is 30.9. The fourth-order valence-electron chi connectivity index (χ4n) is 3.22. The lowest BCUT2D eigenvalue weighted by Gasteiger charge is -2.29. The second kappa shape index (κ2) is 6.27. The van der Waals surface area contributed by atoms with Crippen molar-refractivity contribution in [2.75, 3.05) is 0 Å². The molecule has 2 aliphatic rings. The fraction of sp³-hybridized carbons (Fsp3) is 0.929. The maximum absolute atomic E-state index is 11.9. The Morgan fingerprint density at radius 3 is 2.24 bits per heavy atom. The van der Waals surface area contributed by atoms with Crippen molar-refractivity contribution in [1.82, 2.24) is 10.6 Å². The molecule has 2 aliphatic carbocycles. The zero-order chi connectivity index (χ0) is 12.1. The van der Waals surface area contributed by atoms with Crippen molar-refractivity contribution in [3.63, 3.8) is 0 Å². The third-order valence-electron chi connectivity index (χ3n) is 4.21. The Labute approximate surface area is 105 Å². The third kappa shape index (κ3) is 4.21. The molecule has 0 bridgehead atoms. The van der Waals surface area contributed by atoms with Crippen LogP contribution >= 0.6 is 0 Å². The minimum absolute atomic E-state index is 0.0657. The molecule has 3 nitrogen and oxygen atoms in total. The van der Waals surface area contributed by atoms with Gasteiger partial charge in [-0.25, -0.2) is 4.79 Å². The van der Waals surface area contributed by atoms with Gasteiger partial charge >= 0.3 is 6.03 Å². The van der Waals surface area contributed by atoms with E-state index in [1.807, 2.05) is 0 Å². The zero-order valence-electron chi connectivity index (χ0n) is 11.0. The Balaban J connectivity index is 1.68. The summed E-state index contributed by atoms with van der Waals surface area (Å²) in [6.45, 7) is 2.28. The average Bonchev–Trinajstić information content (AvgIpc) is 2.30. The van der Waals surface area contributed by atoms with Gasteiger partial charge in [-0.15, -0.1) is 0 Å². The standard InChI is InChI=1S/C14H26N2O/c1-11-6-5-9-13(10-11)16-14(17)15-12-7-3-2-4-8-12/h11-13H,2-10H2,1H3,(H2,15,16,17). The predicted molar refractivity (Wildman–Crippen MR) is 70.0 cm³/mol. The minimum atomic E-state index is 0.0657. The van der Waals surface area contributed by atoms with E-state index in [4.69, 9.17) is 0 Å². The highest BCUT2D eigenvalue weighted by molar-refractivity contribution is 5.74. The fourth-order valence-corrected chi connectivity index (χ4v) is 3.22. The summed E-state index contributed by atoms with van der Waals surface area (Å²) in [4.78, 5) is 11.9. The summed E-state index contributed by atoms with van der Waals surface area (Å²) in [7, 11) is 0. The highest BCUT2D eigenvalue weighted by Crippen LogP contribution is 2.23. The molecule has 17 heavy (non-hydrogen) atoms. The number of amides is 2. The van der Waals surface area contributed by atoms with Gasteiger partial charge in [0.2, 0.25) is 0 Å². The first-order chi connectivity index (χ1) is 8.24. The summed E-state index contributed by atoms with van der Waals surface area (Å²) in [6.07, 6.45) is 11.1. The number of carbonyl (C=O) groups is 1. The molecule has 0 heterocycles. The molecule has 2 unspecified atom stereocenters. The van der Waals surface area contributed by atoms with Crippen LogP contribution in [0.4, 0.5) is 4.79 Å². The Hall–Kier alpha value is -0.730. The number of urea groups is 1.